The molecule has 0 saturated carbocycles. The zero-order valence-corrected chi connectivity index (χ0v) is 19.3. The third-order valence-corrected chi connectivity index (χ3v) is 6.03. The number of benzene rings is 2. The van der Waals surface area contributed by atoms with Crippen molar-refractivity contribution < 1.29 is 14.4 Å². The van der Waals surface area contributed by atoms with E-state index in [-0.39, 0.29) is 18.9 Å². The number of likely N-dealkylation sites (tertiary alicyclic amines) is 1. The van der Waals surface area contributed by atoms with E-state index in [4.69, 9.17) is 17.3 Å². The van der Waals surface area contributed by atoms with Gasteiger partial charge in [-0.25, -0.2) is 9.78 Å². The Kier molecular flexibility index (Phi) is 6.79. The summed E-state index contributed by atoms with van der Waals surface area (Å²) < 4.78 is 0. The summed E-state index contributed by atoms with van der Waals surface area (Å²) in [5.41, 5.74) is 7.99. The molecule has 174 valence electrons. The Labute approximate surface area is 202 Å². The first-order valence-corrected chi connectivity index (χ1v) is 11.1. The number of urea groups is 1. The maximum Gasteiger partial charge on any atom is 0.325 e. The molecule has 0 radical (unpaired) electrons. The number of hydrogen-bond acceptors (Lipinski definition) is 5. The van der Waals surface area contributed by atoms with E-state index >= 15 is 0 Å². The van der Waals surface area contributed by atoms with Crippen molar-refractivity contribution in [3.8, 4) is 0 Å². The van der Waals surface area contributed by atoms with Crippen LogP contribution in [0.25, 0.3) is 0 Å². The maximum absolute atomic E-state index is 13.5. The molecule has 1 aliphatic heterocycles. The molecule has 1 saturated heterocycles. The van der Waals surface area contributed by atoms with Crippen LogP contribution in [-0.4, -0.2) is 40.8 Å². The number of carbonyl (C=O) groups is 3. The first kappa shape index (κ1) is 23.3. The zero-order chi connectivity index (χ0) is 24.2. The van der Waals surface area contributed by atoms with Crippen molar-refractivity contribution in [2.24, 2.45) is 5.92 Å². The second-order valence-electron chi connectivity index (χ2n) is 8.07. The molecule has 4 rings (SSSR count). The Balaban J connectivity index is 1.55. The lowest BCUT2D eigenvalue weighted by molar-refractivity contribution is -0.156. The molecule has 2 aromatic carbocycles. The highest BCUT2D eigenvalue weighted by molar-refractivity contribution is 6.30. The van der Waals surface area contributed by atoms with Gasteiger partial charge in [-0.15, -0.1) is 0 Å². The number of nitrogens with two attached hydrogens (primary N) is 1. The van der Waals surface area contributed by atoms with E-state index in [0.29, 0.717) is 16.5 Å². The maximum atomic E-state index is 13.5. The van der Waals surface area contributed by atoms with Gasteiger partial charge in [-0.2, -0.15) is 0 Å². The van der Waals surface area contributed by atoms with Crippen molar-refractivity contribution in [3.63, 3.8) is 0 Å². The molecule has 3 aromatic rings. The van der Waals surface area contributed by atoms with E-state index < -0.39 is 23.9 Å². The van der Waals surface area contributed by atoms with E-state index in [1.165, 1.54) is 4.90 Å². The van der Waals surface area contributed by atoms with E-state index in [9.17, 15) is 14.4 Å². The van der Waals surface area contributed by atoms with Crippen molar-refractivity contribution in [3.05, 3.63) is 89.1 Å². The van der Waals surface area contributed by atoms with E-state index in [1.807, 2.05) is 24.3 Å². The highest BCUT2D eigenvalue weighted by Gasteiger charge is 2.55. The molecule has 0 spiro atoms. The topological polar surface area (TPSA) is 109 Å². The van der Waals surface area contributed by atoms with Crippen molar-refractivity contribution in [2.45, 2.75) is 19.0 Å². The number of amides is 4. The molecule has 1 aliphatic rings. The van der Waals surface area contributed by atoms with Crippen LogP contribution in [-0.2, 0) is 22.6 Å². The van der Waals surface area contributed by atoms with Crippen LogP contribution < -0.4 is 16.0 Å². The number of pyridine rings is 1. The number of halogens is 1. The number of likely N-dealkylation sites (N-methyl/N-ethyl adjacent to an activating group) is 1. The van der Waals surface area contributed by atoms with Gasteiger partial charge >= 0.3 is 6.03 Å². The molecule has 0 bridgehead atoms. The van der Waals surface area contributed by atoms with Crippen LogP contribution >= 0.6 is 11.6 Å². The van der Waals surface area contributed by atoms with E-state index in [2.05, 4.69) is 10.3 Å². The molecular formula is C25H24ClN5O3. The Morgan fingerprint density at radius 1 is 1.09 bits per heavy atom. The smallest absolute Gasteiger partial charge is 0.325 e. The number of nitrogens with zero attached hydrogens (tertiary/aromatic N) is 3. The molecule has 1 unspecified atom stereocenters. The van der Waals surface area contributed by atoms with Crippen molar-refractivity contribution in [1.82, 2.24) is 15.2 Å². The molecule has 3 N–H and O–H groups in total. The third kappa shape index (κ3) is 4.87. The summed E-state index contributed by atoms with van der Waals surface area (Å²) in [7, 11) is 1.63. The van der Waals surface area contributed by atoms with Gasteiger partial charge in [0.25, 0.3) is 5.91 Å². The quantitative estimate of drug-likeness (QED) is 0.530. The van der Waals surface area contributed by atoms with E-state index in [0.717, 1.165) is 16.0 Å². The number of rotatable bonds is 6. The van der Waals surface area contributed by atoms with Crippen LogP contribution in [0.5, 0.6) is 0 Å². The number of para-hydroxylation sites is 1. The molecule has 1 fully saturated rings. The third-order valence-electron chi connectivity index (χ3n) is 5.79. The minimum absolute atomic E-state index is 0.171. The lowest BCUT2D eigenvalue weighted by Crippen LogP contribution is -2.70. The molecule has 34 heavy (non-hydrogen) atoms. The lowest BCUT2D eigenvalue weighted by Gasteiger charge is -2.45. The van der Waals surface area contributed by atoms with Crippen LogP contribution in [0.2, 0.25) is 5.02 Å². The molecule has 8 nitrogen and oxygen atoms in total. The summed E-state index contributed by atoms with van der Waals surface area (Å²) in [6.07, 6.45) is 1.82. The number of nitrogen functional groups attached to an aromatic ring is 1. The Morgan fingerprint density at radius 3 is 2.56 bits per heavy atom. The monoisotopic (exact) mass is 477 g/mol. The first-order chi connectivity index (χ1) is 16.3. The normalized spacial score (nSPS) is 17.1. The van der Waals surface area contributed by atoms with Crippen molar-refractivity contribution >= 4 is 41.0 Å². The Bertz CT molecular complexity index is 1210. The molecular weight excluding hydrogens is 454 g/mol. The molecule has 4 amide bonds. The van der Waals surface area contributed by atoms with Crippen LogP contribution in [0.3, 0.4) is 0 Å². The summed E-state index contributed by atoms with van der Waals surface area (Å²) in [6.45, 7) is 0.171. The summed E-state index contributed by atoms with van der Waals surface area (Å²) in [4.78, 5) is 45.9. The number of anilines is 2. The standard InChI is InChI=1S/C25H24ClN5O3/c1-30(19-8-3-2-4-9-19)24(33)22-20(13-16-10-11-28-21(27)14-16)23(32)31(22)25(34)29-15-17-6-5-7-18(26)12-17/h2-12,14,20,22H,13,15H2,1H3,(H2,27,28)(H,29,34)/t20?,22-/m0/s1. The van der Waals surface area contributed by atoms with Crippen molar-refractivity contribution in [1.29, 1.82) is 0 Å². The molecule has 2 atom stereocenters. The number of aromatic nitrogens is 1. The van der Waals surface area contributed by atoms with Gasteiger partial charge in [0, 0.05) is 30.5 Å². The van der Waals surface area contributed by atoms with Gasteiger partial charge < -0.3 is 16.0 Å². The largest absolute Gasteiger partial charge is 0.384 e. The average molecular weight is 478 g/mol. The number of nitrogens with one attached hydrogen (secondary N) is 1. The van der Waals surface area contributed by atoms with Gasteiger partial charge in [0.05, 0.1) is 5.92 Å². The number of imide groups is 1. The summed E-state index contributed by atoms with van der Waals surface area (Å²) in [5, 5.41) is 3.26. The number of β-lactam (4-membered cyclic amide) rings is 1. The lowest BCUT2D eigenvalue weighted by atomic mass is 9.81. The molecule has 0 aliphatic carbocycles. The van der Waals surface area contributed by atoms with Crippen LogP contribution in [0.4, 0.5) is 16.3 Å². The van der Waals surface area contributed by atoms with E-state index in [1.54, 1.807) is 55.7 Å². The average Bonchev–Trinajstić information content (AvgIpc) is 2.84. The zero-order valence-electron chi connectivity index (χ0n) is 18.5. The first-order valence-electron chi connectivity index (χ1n) is 10.7. The molecule has 1 aromatic heterocycles. The fourth-order valence-electron chi connectivity index (χ4n) is 4.02. The molecule has 2 heterocycles. The van der Waals surface area contributed by atoms with Gasteiger partial charge in [-0.05, 0) is 53.9 Å². The Morgan fingerprint density at radius 2 is 1.85 bits per heavy atom. The molecule has 9 heteroatoms. The van der Waals surface area contributed by atoms with Crippen LogP contribution in [0.1, 0.15) is 11.1 Å². The fraction of sp³-hybridized carbons (Fsp3) is 0.200. The van der Waals surface area contributed by atoms with Gasteiger partial charge in [0.15, 0.2) is 0 Å². The van der Waals surface area contributed by atoms with Gasteiger partial charge in [-0.1, -0.05) is 41.9 Å². The second-order valence-corrected chi connectivity index (χ2v) is 8.51. The van der Waals surface area contributed by atoms with Crippen LogP contribution in [0, 0.1) is 5.92 Å². The number of hydrogen-bond donors (Lipinski definition) is 2. The fourth-order valence-corrected chi connectivity index (χ4v) is 4.23. The van der Waals surface area contributed by atoms with Gasteiger partial charge in [0.1, 0.15) is 11.9 Å². The highest BCUT2D eigenvalue weighted by atomic mass is 35.5. The van der Waals surface area contributed by atoms with Crippen LogP contribution in [0.15, 0.2) is 72.9 Å². The number of carbonyl (C=O) groups excluding carboxylic acids is 3. The summed E-state index contributed by atoms with van der Waals surface area (Å²) >= 11 is 6.01. The highest BCUT2D eigenvalue weighted by Crippen LogP contribution is 2.33. The van der Waals surface area contributed by atoms with Crippen molar-refractivity contribution in [2.75, 3.05) is 17.7 Å². The minimum atomic E-state index is -0.952. The summed E-state index contributed by atoms with van der Waals surface area (Å²) in [6, 6.07) is 17.9. The predicted molar refractivity (Wildman–Crippen MR) is 130 cm³/mol. The van der Waals surface area contributed by atoms with Gasteiger partial charge in [-0.3, -0.25) is 14.5 Å². The van der Waals surface area contributed by atoms with Gasteiger partial charge in [0.2, 0.25) is 5.91 Å². The SMILES string of the molecule is CN(C(=O)[C@@H]1C(Cc2ccnc(N)c2)C(=O)N1C(=O)NCc1cccc(Cl)c1)c1ccccc1. The summed E-state index contributed by atoms with van der Waals surface area (Å²) in [5.74, 6) is -1.14. The second kappa shape index (κ2) is 9.93. The Hall–Kier alpha value is -3.91. The minimum Gasteiger partial charge on any atom is -0.384 e. The predicted octanol–water partition coefficient (Wildman–Crippen LogP) is 3.26.